The van der Waals surface area contributed by atoms with Crippen molar-refractivity contribution < 1.29 is 19.2 Å². The maximum atomic E-state index is 13.8. The van der Waals surface area contributed by atoms with Crippen molar-refractivity contribution in [3.05, 3.63) is 93.5 Å². The van der Waals surface area contributed by atoms with E-state index in [4.69, 9.17) is 4.74 Å². The third kappa shape index (κ3) is 6.88. The Labute approximate surface area is 246 Å². The number of nitro groups is 1. The number of ether oxygens (including phenoxy) is 1. The van der Waals surface area contributed by atoms with Gasteiger partial charge in [-0.15, -0.1) is 0 Å². The molecule has 10 heteroatoms. The van der Waals surface area contributed by atoms with Crippen molar-refractivity contribution in [1.82, 2.24) is 4.90 Å². The van der Waals surface area contributed by atoms with Crippen LogP contribution in [-0.2, 0) is 11.3 Å². The minimum absolute atomic E-state index is 0.143. The van der Waals surface area contributed by atoms with Gasteiger partial charge in [0.15, 0.2) is 0 Å². The number of piperazine rings is 1. The molecule has 0 spiro atoms. The van der Waals surface area contributed by atoms with Crippen molar-refractivity contribution in [1.29, 1.82) is 0 Å². The smallest absolute Gasteiger partial charge is 0.338 e. The number of hydrogen-bond acceptors (Lipinski definition) is 8. The van der Waals surface area contributed by atoms with Gasteiger partial charge in [0.25, 0.3) is 11.6 Å². The second-order valence-corrected chi connectivity index (χ2v) is 10.7. The number of esters is 1. The van der Waals surface area contributed by atoms with Crippen LogP contribution in [-0.4, -0.2) is 67.6 Å². The fraction of sp³-hybridized carbons (Fsp3) is 0.375. The van der Waals surface area contributed by atoms with E-state index in [2.05, 4.69) is 32.1 Å². The monoisotopic (exact) mass is 571 g/mol. The Kier molecular flexibility index (Phi) is 9.33. The zero-order valence-corrected chi connectivity index (χ0v) is 24.0. The van der Waals surface area contributed by atoms with Gasteiger partial charge in [0.1, 0.15) is 0 Å². The normalized spacial score (nSPS) is 15.7. The number of carbonyl (C=O) groups excluding carboxylic acids is 2. The van der Waals surface area contributed by atoms with Crippen molar-refractivity contribution >= 4 is 34.6 Å². The molecule has 5 rings (SSSR count). The lowest BCUT2D eigenvalue weighted by molar-refractivity contribution is -0.384. The minimum atomic E-state index is -0.488. The van der Waals surface area contributed by atoms with E-state index in [1.54, 1.807) is 25.1 Å². The molecule has 1 amide bonds. The standard InChI is InChI=1S/C32H37N5O5/c1-2-42-32(39)25-11-13-30(36-19-17-34(18-20-36)23-24-9-5-3-6-10-24)28(21-25)33-31(38)27-22-26(37(40)41)12-14-29(27)35-15-7-4-8-16-35/h3,5-6,9-14,21-22H,2,4,7-8,15-20,23H2,1H3,(H,33,38). The first-order valence-corrected chi connectivity index (χ1v) is 14.6. The van der Waals surface area contributed by atoms with Crippen molar-refractivity contribution in [3.63, 3.8) is 0 Å². The third-order valence-electron chi connectivity index (χ3n) is 7.85. The average Bonchev–Trinajstić information content (AvgIpc) is 3.02. The largest absolute Gasteiger partial charge is 0.462 e. The van der Waals surface area contributed by atoms with Crippen LogP contribution >= 0.6 is 0 Å². The fourth-order valence-electron chi connectivity index (χ4n) is 5.66. The number of non-ortho nitro benzene ring substituents is 1. The number of hydrogen-bond donors (Lipinski definition) is 1. The minimum Gasteiger partial charge on any atom is -0.462 e. The molecule has 2 aliphatic heterocycles. The predicted octanol–water partition coefficient (Wildman–Crippen LogP) is 5.34. The summed E-state index contributed by atoms with van der Waals surface area (Å²) in [6.07, 6.45) is 3.12. The number of benzene rings is 3. The lowest BCUT2D eigenvalue weighted by Crippen LogP contribution is -2.46. The molecule has 0 atom stereocenters. The lowest BCUT2D eigenvalue weighted by Gasteiger charge is -2.37. The number of anilines is 3. The van der Waals surface area contributed by atoms with Crippen LogP contribution in [0.5, 0.6) is 0 Å². The van der Waals surface area contributed by atoms with Gasteiger partial charge in [-0.2, -0.15) is 0 Å². The van der Waals surface area contributed by atoms with E-state index in [-0.39, 0.29) is 17.9 Å². The first-order valence-electron chi connectivity index (χ1n) is 14.6. The summed E-state index contributed by atoms with van der Waals surface area (Å²) >= 11 is 0. The van der Waals surface area contributed by atoms with Crippen molar-refractivity contribution in [2.24, 2.45) is 0 Å². The number of rotatable bonds is 9. The number of nitrogens with zero attached hydrogens (tertiary/aromatic N) is 4. The fourth-order valence-corrected chi connectivity index (χ4v) is 5.66. The van der Waals surface area contributed by atoms with Gasteiger partial charge in [0.2, 0.25) is 0 Å². The zero-order chi connectivity index (χ0) is 29.5. The van der Waals surface area contributed by atoms with E-state index in [0.717, 1.165) is 70.8 Å². The van der Waals surface area contributed by atoms with Gasteiger partial charge in [0.05, 0.1) is 39.7 Å². The Hall–Kier alpha value is -4.44. The summed E-state index contributed by atoms with van der Waals surface area (Å²) in [7, 11) is 0. The van der Waals surface area contributed by atoms with E-state index in [1.807, 2.05) is 24.3 Å². The number of carbonyl (C=O) groups is 2. The molecule has 1 N–H and O–H groups in total. The molecular weight excluding hydrogens is 534 g/mol. The van der Waals surface area contributed by atoms with Crippen LogP contribution in [0.2, 0.25) is 0 Å². The zero-order valence-electron chi connectivity index (χ0n) is 24.0. The van der Waals surface area contributed by atoms with Crippen LogP contribution in [0, 0.1) is 10.1 Å². The van der Waals surface area contributed by atoms with Gasteiger partial charge in [-0.05, 0) is 56.0 Å². The van der Waals surface area contributed by atoms with Crippen molar-refractivity contribution in [2.45, 2.75) is 32.7 Å². The topological polar surface area (TPSA) is 108 Å². The molecule has 220 valence electrons. The highest BCUT2D eigenvalue weighted by molar-refractivity contribution is 6.10. The molecule has 3 aromatic carbocycles. The summed E-state index contributed by atoms with van der Waals surface area (Å²) in [6, 6.07) is 20.0. The lowest BCUT2D eigenvalue weighted by atomic mass is 10.1. The van der Waals surface area contributed by atoms with Crippen LogP contribution in [0.3, 0.4) is 0 Å². The molecule has 42 heavy (non-hydrogen) atoms. The van der Waals surface area contributed by atoms with Crippen LogP contribution in [0.1, 0.15) is 52.5 Å². The highest BCUT2D eigenvalue weighted by Gasteiger charge is 2.25. The van der Waals surface area contributed by atoms with Crippen LogP contribution in [0.15, 0.2) is 66.7 Å². The average molecular weight is 572 g/mol. The van der Waals surface area contributed by atoms with Gasteiger partial charge < -0.3 is 19.9 Å². The molecule has 2 saturated heterocycles. The first-order chi connectivity index (χ1) is 20.4. The van der Waals surface area contributed by atoms with Crippen LogP contribution in [0.25, 0.3) is 0 Å². The molecule has 0 aromatic heterocycles. The summed E-state index contributed by atoms with van der Waals surface area (Å²) in [6.45, 7) is 7.58. The quantitative estimate of drug-likeness (QED) is 0.208. The summed E-state index contributed by atoms with van der Waals surface area (Å²) in [5.74, 6) is -0.930. The summed E-state index contributed by atoms with van der Waals surface area (Å²) in [5, 5.41) is 14.6. The second-order valence-electron chi connectivity index (χ2n) is 10.7. The van der Waals surface area contributed by atoms with Gasteiger partial charge >= 0.3 is 5.97 Å². The Morgan fingerprint density at radius 2 is 1.55 bits per heavy atom. The molecular formula is C32H37N5O5. The summed E-state index contributed by atoms with van der Waals surface area (Å²) in [5.41, 5.74) is 3.63. The first kappa shape index (κ1) is 29.1. The third-order valence-corrected chi connectivity index (χ3v) is 7.85. The SMILES string of the molecule is CCOC(=O)c1ccc(N2CCN(Cc3ccccc3)CC2)c(NC(=O)c2cc([N+](=O)[O-])ccc2N2CCCCC2)c1. The second kappa shape index (κ2) is 13.5. The Morgan fingerprint density at radius 1 is 0.857 bits per heavy atom. The van der Waals surface area contributed by atoms with Gasteiger partial charge in [-0.1, -0.05) is 30.3 Å². The van der Waals surface area contributed by atoms with Gasteiger partial charge in [0, 0.05) is 57.9 Å². The van der Waals surface area contributed by atoms with Crippen molar-refractivity contribution in [2.75, 3.05) is 61.0 Å². The molecule has 0 aliphatic carbocycles. The van der Waals surface area contributed by atoms with Crippen molar-refractivity contribution in [3.8, 4) is 0 Å². The van der Waals surface area contributed by atoms with Gasteiger partial charge in [-0.25, -0.2) is 4.79 Å². The molecule has 0 saturated carbocycles. The molecule has 3 aromatic rings. The van der Waals surface area contributed by atoms with E-state index < -0.39 is 16.8 Å². The van der Waals surface area contributed by atoms with Crippen LogP contribution < -0.4 is 15.1 Å². The maximum Gasteiger partial charge on any atom is 0.338 e. The van der Waals surface area contributed by atoms with Gasteiger partial charge in [-0.3, -0.25) is 19.8 Å². The highest BCUT2D eigenvalue weighted by atomic mass is 16.6. The molecule has 0 bridgehead atoms. The Balaban J connectivity index is 1.41. The maximum absolute atomic E-state index is 13.8. The Morgan fingerprint density at radius 3 is 2.24 bits per heavy atom. The molecule has 2 aliphatic rings. The molecule has 0 radical (unpaired) electrons. The number of nitro benzene ring substituents is 1. The van der Waals surface area contributed by atoms with E-state index in [0.29, 0.717) is 16.9 Å². The molecule has 10 nitrogen and oxygen atoms in total. The van der Waals surface area contributed by atoms with E-state index in [9.17, 15) is 19.7 Å². The molecule has 2 heterocycles. The summed E-state index contributed by atoms with van der Waals surface area (Å²) in [4.78, 5) is 44.3. The molecule has 2 fully saturated rings. The highest BCUT2D eigenvalue weighted by Crippen LogP contribution is 2.32. The van der Waals surface area contributed by atoms with E-state index in [1.165, 1.54) is 17.7 Å². The summed E-state index contributed by atoms with van der Waals surface area (Å²) < 4.78 is 5.22. The number of piperidine rings is 1. The predicted molar refractivity (Wildman–Crippen MR) is 163 cm³/mol. The Bertz CT molecular complexity index is 1420. The number of amides is 1. The molecule has 0 unspecified atom stereocenters. The number of nitrogens with one attached hydrogen (secondary N) is 1. The van der Waals surface area contributed by atoms with E-state index >= 15 is 0 Å². The van der Waals surface area contributed by atoms with Crippen LogP contribution in [0.4, 0.5) is 22.7 Å².